The van der Waals surface area contributed by atoms with Crippen LogP contribution in [0.15, 0.2) is 36.4 Å². The van der Waals surface area contributed by atoms with Gasteiger partial charge in [-0.1, -0.05) is 29.8 Å². The number of fused-ring (bicyclic) bond motifs is 4. The summed E-state index contributed by atoms with van der Waals surface area (Å²) >= 11 is 7.96. The van der Waals surface area contributed by atoms with Crippen molar-refractivity contribution in [1.82, 2.24) is 45.4 Å². The van der Waals surface area contributed by atoms with Crippen LogP contribution >= 0.6 is 22.9 Å². The fraction of sp³-hybridized carbons (Fsp3) is 0.436. The number of aryl methyl sites for hydroxylation is 2. The molecule has 0 spiro atoms. The molecule has 8 rings (SSSR count). The molecule has 55 heavy (non-hydrogen) atoms. The van der Waals surface area contributed by atoms with Crippen LogP contribution in [0.25, 0.3) is 5.00 Å². The average molecular weight is 788 g/mol. The minimum atomic E-state index is -0.784. The molecule has 0 bridgehead atoms. The lowest BCUT2D eigenvalue weighted by Gasteiger charge is -2.34. The van der Waals surface area contributed by atoms with Gasteiger partial charge in [0, 0.05) is 90.8 Å². The minimum Gasteiger partial charge on any atom is -0.355 e. The van der Waals surface area contributed by atoms with Gasteiger partial charge in [-0.15, -0.1) is 21.5 Å². The summed E-state index contributed by atoms with van der Waals surface area (Å²) in [5.41, 5.74) is 4.49. The van der Waals surface area contributed by atoms with Crippen LogP contribution in [0.5, 0.6) is 0 Å². The lowest BCUT2D eigenvalue weighted by molar-refractivity contribution is -0.137. The Morgan fingerprint density at radius 1 is 1.02 bits per heavy atom. The molecule has 16 heteroatoms. The molecule has 2 unspecified atom stereocenters. The van der Waals surface area contributed by atoms with E-state index < -0.39 is 17.8 Å². The van der Waals surface area contributed by atoms with Crippen LogP contribution in [0.1, 0.15) is 86.0 Å². The molecule has 0 radical (unpaired) electrons. The van der Waals surface area contributed by atoms with Gasteiger partial charge in [-0.05, 0) is 56.5 Å². The third-order valence-electron chi connectivity index (χ3n) is 11.4. The Bertz CT molecular complexity index is 2180. The van der Waals surface area contributed by atoms with Crippen LogP contribution in [0.3, 0.4) is 0 Å². The highest BCUT2D eigenvalue weighted by atomic mass is 35.5. The van der Waals surface area contributed by atoms with Crippen molar-refractivity contribution in [1.29, 1.82) is 0 Å². The average Bonchev–Trinajstić information content (AvgIpc) is 3.77. The number of piperazine rings is 1. The molecular weight excluding hydrogens is 745 g/mol. The number of halogens is 2. The first-order chi connectivity index (χ1) is 26.5. The Morgan fingerprint density at radius 3 is 2.51 bits per heavy atom. The van der Waals surface area contributed by atoms with Crippen LogP contribution in [-0.4, -0.2) is 98.4 Å². The van der Waals surface area contributed by atoms with Gasteiger partial charge in [0.25, 0.3) is 5.91 Å². The second kappa shape index (κ2) is 15.2. The zero-order chi connectivity index (χ0) is 38.5. The molecule has 2 aromatic heterocycles. The first-order valence-electron chi connectivity index (χ1n) is 18.7. The Kier molecular flexibility index (Phi) is 10.3. The van der Waals surface area contributed by atoms with Crippen molar-refractivity contribution < 1.29 is 23.6 Å². The van der Waals surface area contributed by atoms with E-state index in [9.17, 15) is 19.2 Å². The number of piperidine rings is 1. The van der Waals surface area contributed by atoms with Crippen molar-refractivity contribution in [3.63, 3.8) is 0 Å². The topological polar surface area (TPSA) is 145 Å². The number of carbonyl (C=O) groups excluding carboxylic acids is 4. The summed E-state index contributed by atoms with van der Waals surface area (Å²) in [4.78, 5) is 57.6. The molecule has 4 amide bonds. The number of aromatic nitrogens is 3. The van der Waals surface area contributed by atoms with E-state index in [4.69, 9.17) is 11.6 Å². The maximum atomic E-state index is 15.8. The summed E-state index contributed by atoms with van der Waals surface area (Å²) in [6, 6.07) is 9.79. The van der Waals surface area contributed by atoms with Crippen LogP contribution in [0, 0.1) is 26.6 Å². The number of thiophene rings is 1. The van der Waals surface area contributed by atoms with Gasteiger partial charge in [-0.25, -0.2) is 4.39 Å². The molecule has 0 saturated carbocycles. The lowest BCUT2D eigenvalue weighted by Crippen LogP contribution is -2.52. The molecule has 4 aliphatic rings. The zero-order valence-corrected chi connectivity index (χ0v) is 32.5. The lowest BCUT2D eigenvalue weighted by atomic mass is 9.96. The standard InChI is InChI=1S/C39H43ClFN9O4S/c1-21-22(2)55-39-33(21)35(24-4-7-26(40)8-5-24)43-29(36-46-45-23(3)50(36)39)18-32(52)42-12-13-47-14-16-48(17-15-47)19-25-6-9-27-28(34(25)41)20-49(38(27)54)30-10-11-31(51)44-37(30)53/h4-9,29-30,35,43H,10-20H2,1-3H3,(H,42,52)(H,44,51,53)/t29?,30?,35-/m0/s1. The highest BCUT2D eigenvalue weighted by Crippen LogP contribution is 2.43. The fourth-order valence-electron chi connectivity index (χ4n) is 8.21. The van der Waals surface area contributed by atoms with E-state index in [2.05, 4.69) is 54.4 Å². The SMILES string of the molecule is Cc1sc2c(c1C)[C@H](c1ccc(Cl)cc1)NC(CC(=O)NCCN1CCN(Cc3ccc4c(c3F)CN(C3CCC(=O)NC3=O)C4=O)CC1)c1nnc(C)n1-2. The molecular formula is C39H43ClFN9O4S. The summed E-state index contributed by atoms with van der Waals surface area (Å²) in [7, 11) is 0. The fourth-order valence-corrected chi connectivity index (χ4v) is 9.59. The van der Waals surface area contributed by atoms with Gasteiger partial charge in [-0.3, -0.25) is 44.2 Å². The largest absolute Gasteiger partial charge is 0.355 e. The predicted molar refractivity (Wildman–Crippen MR) is 204 cm³/mol. The van der Waals surface area contributed by atoms with E-state index in [-0.39, 0.29) is 61.2 Å². The van der Waals surface area contributed by atoms with Crippen LogP contribution in [0.2, 0.25) is 5.02 Å². The van der Waals surface area contributed by atoms with Gasteiger partial charge in [0.2, 0.25) is 17.7 Å². The van der Waals surface area contributed by atoms with E-state index >= 15 is 4.39 Å². The second-order valence-corrected chi connectivity index (χ2v) is 16.4. The number of rotatable bonds is 9. The van der Waals surface area contributed by atoms with Crippen molar-refractivity contribution in [3.05, 3.63) is 97.1 Å². The van der Waals surface area contributed by atoms with Crippen molar-refractivity contribution in [3.8, 4) is 5.00 Å². The van der Waals surface area contributed by atoms with E-state index in [0.717, 1.165) is 48.1 Å². The predicted octanol–water partition coefficient (Wildman–Crippen LogP) is 3.87. The molecule has 3 N–H and O–H groups in total. The maximum Gasteiger partial charge on any atom is 0.255 e. The highest BCUT2D eigenvalue weighted by Gasteiger charge is 2.41. The molecule has 2 aromatic carbocycles. The summed E-state index contributed by atoms with van der Waals surface area (Å²) in [5, 5.41) is 19.8. The zero-order valence-electron chi connectivity index (χ0n) is 31.0. The quantitative estimate of drug-likeness (QED) is 0.216. The van der Waals surface area contributed by atoms with E-state index in [1.807, 2.05) is 31.2 Å². The second-order valence-electron chi connectivity index (χ2n) is 14.8. The third-order valence-corrected chi connectivity index (χ3v) is 12.8. The van der Waals surface area contributed by atoms with Crippen LogP contribution in [-0.2, 0) is 27.5 Å². The Morgan fingerprint density at radius 2 is 1.76 bits per heavy atom. The molecule has 4 aromatic rings. The molecule has 2 fully saturated rings. The number of imide groups is 1. The highest BCUT2D eigenvalue weighted by molar-refractivity contribution is 7.14. The summed E-state index contributed by atoms with van der Waals surface area (Å²) in [6.07, 6.45) is 0.565. The number of nitrogens with zero attached hydrogens (tertiary/aromatic N) is 6. The van der Waals surface area contributed by atoms with Crippen molar-refractivity contribution in [2.45, 2.75) is 71.2 Å². The van der Waals surface area contributed by atoms with Crippen LogP contribution in [0.4, 0.5) is 4.39 Å². The molecule has 0 aliphatic carbocycles. The van der Waals surface area contributed by atoms with Gasteiger partial charge in [-0.2, -0.15) is 0 Å². The molecule has 13 nitrogen and oxygen atoms in total. The van der Waals surface area contributed by atoms with Gasteiger partial charge in [0.15, 0.2) is 5.82 Å². The Balaban J connectivity index is 0.853. The minimum absolute atomic E-state index is 0.00782. The molecule has 288 valence electrons. The Hall–Kier alpha value is -4.54. The molecule has 4 aliphatic heterocycles. The first-order valence-corrected chi connectivity index (χ1v) is 19.9. The first kappa shape index (κ1) is 37.4. The number of nitrogens with one attached hydrogen (secondary N) is 3. The summed E-state index contributed by atoms with van der Waals surface area (Å²) < 4.78 is 17.9. The number of amides is 4. The van der Waals surface area contributed by atoms with Gasteiger partial charge in [0.05, 0.1) is 18.6 Å². The number of hydrogen-bond acceptors (Lipinski definition) is 10. The summed E-state index contributed by atoms with van der Waals surface area (Å²) in [5.74, 6) is -0.282. The normalized spacial score (nSPS) is 21.6. The smallest absolute Gasteiger partial charge is 0.255 e. The van der Waals surface area contributed by atoms with Gasteiger partial charge >= 0.3 is 0 Å². The summed E-state index contributed by atoms with van der Waals surface area (Å²) in [6.45, 7) is 10.7. The number of benzene rings is 2. The van der Waals surface area contributed by atoms with E-state index in [1.165, 1.54) is 15.3 Å². The van der Waals surface area contributed by atoms with Gasteiger partial charge < -0.3 is 10.2 Å². The van der Waals surface area contributed by atoms with Crippen molar-refractivity contribution >= 4 is 46.6 Å². The molecule has 2 saturated heterocycles. The Labute approximate surface area is 327 Å². The molecule has 6 heterocycles. The van der Waals surface area contributed by atoms with Crippen molar-refractivity contribution in [2.24, 2.45) is 0 Å². The maximum absolute atomic E-state index is 15.8. The van der Waals surface area contributed by atoms with Gasteiger partial charge in [0.1, 0.15) is 22.7 Å². The van der Waals surface area contributed by atoms with E-state index in [1.54, 1.807) is 23.5 Å². The van der Waals surface area contributed by atoms with Crippen LogP contribution < -0.4 is 16.0 Å². The van der Waals surface area contributed by atoms with E-state index in [0.29, 0.717) is 41.6 Å². The molecule has 3 atom stereocenters. The van der Waals surface area contributed by atoms with Crippen molar-refractivity contribution in [2.75, 3.05) is 39.3 Å². The monoisotopic (exact) mass is 787 g/mol. The number of hydrogen-bond donors (Lipinski definition) is 3. The third kappa shape index (κ3) is 7.19. The number of carbonyl (C=O) groups is 4.